The van der Waals surface area contributed by atoms with Gasteiger partial charge >= 0.3 is 0 Å². The Morgan fingerprint density at radius 1 is 0.694 bits per heavy atom. The van der Waals surface area contributed by atoms with E-state index in [-0.39, 0.29) is 17.3 Å². The Balaban J connectivity index is 0.000000167. The van der Waals surface area contributed by atoms with Crippen molar-refractivity contribution < 1.29 is 8.78 Å². The van der Waals surface area contributed by atoms with Gasteiger partial charge in [-0.3, -0.25) is 4.99 Å². The lowest BCUT2D eigenvalue weighted by Gasteiger charge is -2.10. The van der Waals surface area contributed by atoms with Crippen LogP contribution in [-0.4, -0.2) is 21.4 Å². The Kier molecular flexibility index (Phi) is 8.06. The van der Waals surface area contributed by atoms with E-state index in [0.717, 1.165) is 10.6 Å². The van der Waals surface area contributed by atoms with Crippen LogP contribution < -0.4 is 10.6 Å². The number of fused-ring (bicyclic) bond motifs is 9. The minimum absolute atomic E-state index is 0.178. The van der Waals surface area contributed by atoms with Crippen molar-refractivity contribution in [2.45, 2.75) is 0 Å². The van der Waals surface area contributed by atoms with Crippen LogP contribution in [0.4, 0.5) is 8.78 Å². The Hall–Kier alpha value is -6.40. The molecule has 0 bridgehead atoms. The van der Waals surface area contributed by atoms with Gasteiger partial charge in [-0.15, -0.1) is 0 Å². The lowest BCUT2D eigenvalue weighted by atomic mass is 10.1. The van der Waals surface area contributed by atoms with Crippen molar-refractivity contribution in [3.05, 3.63) is 167 Å². The molecule has 0 atom stereocenters. The summed E-state index contributed by atoms with van der Waals surface area (Å²) in [5.41, 5.74) is 6.75. The zero-order valence-electron chi connectivity index (χ0n) is 26.9. The molecule has 238 valence electrons. The zero-order valence-corrected chi connectivity index (χ0v) is 26.9. The molecule has 0 aliphatic carbocycles. The summed E-state index contributed by atoms with van der Waals surface area (Å²) in [5.74, 6) is -0.697. The number of hydrogen-bond acceptors (Lipinski definition) is 2. The van der Waals surface area contributed by atoms with Crippen molar-refractivity contribution in [1.82, 2.24) is 8.97 Å². The fourth-order valence-corrected chi connectivity index (χ4v) is 6.54. The number of halogens is 2. The predicted molar refractivity (Wildman–Crippen MR) is 203 cm³/mol. The van der Waals surface area contributed by atoms with Gasteiger partial charge < -0.3 is 14.4 Å². The van der Waals surface area contributed by atoms with E-state index in [4.69, 9.17) is 5.41 Å². The Morgan fingerprint density at radius 3 is 1.92 bits per heavy atom. The van der Waals surface area contributed by atoms with Gasteiger partial charge in [-0.1, -0.05) is 61.7 Å². The van der Waals surface area contributed by atoms with Crippen LogP contribution in [0.2, 0.25) is 0 Å². The second-order valence-corrected chi connectivity index (χ2v) is 11.8. The maximum Gasteiger partial charge on any atom is 0.123 e. The molecule has 0 saturated heterocycles. The predicted octanol–water partition coefficient (Wildman–Crippen LogP) is 9.34. The monoisotopic (exact) mass is 642 g/mol. The van der Waals surface area contributed by atoms with Crippen molar-refractivity contribution in [3.8, 4) is 0 Å². The van der Waals surface area contributed by atoms with E-state index < -0.39 is 0 Å². The minimum atomic E-state index is -0.355. The van der Waals surface area contributed by atoms with E-state index in [0.29, 0.717) is 16.8 Å². The van der Waals surface area contributed by atoms with Crippen LogP contribution in [0.25, 0.3) is 67.3 Å². The summed E-state index contributed by atoms with van der Waals surface area (Å²) < 4.78 is 30.3. The number of benzene rings is 5. The van der Waals surface area contributed by atoms with Crippen LogP contribution in [0.3, 0.4) is 0 Å². The van der Waals surface area contributed by atoms with Gasteiger partial charge in [-0.25, -0.2) is 8.78 Å². The van der Waals surface area contributed by atoms with Gasteiger partial charge in [-0.05, 0) is 103 Å². The van der Waals surface area contributed by atoms with Crippen LogP contribution in [0.15, 0.2) is 139 Å². The quantitative estimate of drug-likeness (QED) is 0.144. The third-order valence-electron chi connectivity index (χ3n) is 8.94. The second-order valence-electron chi connectivity index (χ2n) is 11.8. The number of aromatic nitrogens is 2. The summed E-state index contributed by atoms with van der Waals surface area (Å²) in [5, 5.41) is 16.4. The van der Waals surface area contributed by atoms with E-state index in [9.17, 15) is 8.78 Å². The first kappa shape index (κ1) is 31.2. The lowest BCUT2D eigenvalue weighted by Crippen LogP contribution is -2.25. The smallest absolute Gasteiger partial charge is 0.123 e. The summed E-state index contributed by atoms with van der Waals surface area (Å²) in [6.07, 6.45) is 5.36. The summed E-state index contributed by atoms with van der Waals surface area (Å²) in [4.78, 5) is 3.84. The summed E-state index contributed by atoms with van der Waals surface area (Å²) in [6, 6.07) is 35.6. The zero-order chi connectivity index (χ0) is 34.2. The highest BCUT2D eigenvalue weighted by atomic mass is 19.1. The fourth-order valence-electron chi connectivity index (χ4n) is 6.54. The van der Waals surface area contributed by atoms with Gasteiger partial charge in [-0.2, -0.15) is 0 Å². The highest BCUT2D eigenvalue weighted by molar-refractivity contribution is 6.16. The van der Waals surface area contributed by atoms with E-state index in [1.807, 2.05) is 12.2 Å². The van der Waals surface area contributed by atoms with Gasteiger partial charge in [0.2, 0.25) is 0 Å². The highest BCUT2D eigenvalue weighted by Crippen LogP contribution is 2.35. The van der Waals surface area contributed by atoms with Gasteiger partial charge in [0.15, 0.2) is 0 Å². The van der Waals surface area contributed by atoms with Gasteiger partial charge in [0.1, 0.15) is 11.6 Å². The summed E-state index contributed by atoms with van der Waals surface area (Å²) in [6.45, 7) is 11.7. The number of pyridine rings is 1. The SMILES string of the molecule is C=C/C=c1\c(=C)c2cc3cc4c5ccccc5c5ccccc5n4c3cc2n1C.C=N/C(=C\C(=N)c1ccc(F)cc1)c1ccc(F)cc1. The maximum atomic E-state index is 12.9. The number of aliphatic imine (C=N–C) groups is 1. The fraction of sp³-hybridized carbons (Fsp3) is 0.0233. The molecule has 6 heteroatoms. The topological polar surface area (TPSA) is 45.5 Å². The van der Waals surface area contributed by atoms with E-state index in [1.165, 1.54) is 91.5 Å². The normalized spacial score (nSPS) is 12.1. The number of allylic oxidation sites excluding steroid dienone is 2. The third-order valence-corrected chi connectivity index (χ3v) is 8.94. The van der Waals surface area contributed by atoms with Crippen LogP contribution in [0.5, 0.6) is 0 Å². The van der Waals surface area contributed by atoms with Crippen LogP contribution in [-0.2, 0) is 7.05 Å². The number of nitrogens with zero attached hydrogens (tertiary/aromatic N) is 3. The van der Waals surface area contributed by atoms with Crippen LogP contribution in [0.1, 0.15) is 11.1 Å². The molecule has 49 heavy (non-hydrogen) atoms. The second kappa shape index (κ2) is 12.7. The lowest BCUT2D eigenvalue weighted by molar-refractivity contribution is 0.627. The van der Waals surface area contributed by atoms with Gasteiger partial charge in [0, 0.05) is 44.7 Å². The Labute approximate surface area is 281 Å². The molecule has 3 heterocycles. The van der Waals surface area contributed by atoms with Crippen LogP contribution in [0, 0.1) is 17.0 Å². The summed E-state index contributed by atoms with van der Waals surface area (Å²) >= 11 is 0. The van der Waals surface area contributed by atoms with E-state index in [2.05, 4.69) is 108 Å². The molecular formula is C43H32F2N4. The van der Waals surface area contributed by atoms with Crippen molar-refractivity contribution in [3.63, 3.8) is 0 Å². The number of hydrogen-bond donors (Lipinski definition) is 1. The summed E-state index contributed by atoms with van der Waals surface area (Å²) in [7, 11) is 2.10. The number of rotatable bonds is 5. The molecule has 3 aromatic heterocycles. The molecule has 0 saturated carbocycles. The molecule has 0 radical (unpaired) electrons. The first-order valence-corrected chi connectivity index (χ1v) is 15.7. The average molecular weight is 643 g/mol. The van der Waals surface area contributed by atoms with E-state index in [1.54, 1.807) is 12.1 Å². The maximum absolute atomic E-state index is 12.9. The largest absolute Gasteiger partial charge is 0.344 e. The molecule has 0 fully saturated rings. The molecule has 8 aromatic rings. The molecule has 8 rings (SSSR count). The molecule has 0 unspecified atom stereocenters. The van der Waals surface area contributed by atoms with Crippen molar-refractivity contribution in [2.24, 2.45) is 12.0 Å². The molecule has 0 aliphatic heterocycles. The Morgan fingerprint density at radius 2 is 1.29 bits per heavy atom. The van der Waals surface area contributed by atoms with Gasteiger partial charge in [0.05, 0.1) is 33.5 Å². The first-order valence-electron chi connectivity index (χ1n) is 15.7. The molecule has 0 aliphatic rings. The molecular weight excluding hydrogens is 610 g/mol. The minimum Gasteiger partial charge on any atom is -0.344 e. The molecule has 4 nitrogen and oxygen atoms in total. The van der Waals surface area contributed by atoms with Gasteiger partial charge in [0.25, 0.3) is 0 Å². The molecule has 0 spiro atoms. The molecule has 0 amide bonds. The number of para-hydroxylation sites is 1. The highest BCUT2D eigenvalue weighted by Gasteiger charge is 2.14. The standard InChI is InChI=1S/C27H20N2.C16H12F2N2/c1-4-9-23-17(2)22-14-18-15-27-21-12-6-5-10-19(21)20-11-7-8-13-24(20)29(27)25(18)16-26(22)28(23)3;1-20-16(12-4-8-14(18)9-5-12)10-15(19)11-2-6-13(17)7-3-11/h4-16H,1-2H2,3H3;2-10,19H,1H2/b23-9+;16-10-,19-15?. The van der Waals surface area contributed by atoms with Crippen molar-refractivity contribution >= 4 is 79.8 Å². The molecule has 1 N–H and O–H groups in total. The molecule has 5 aromatic carbocycles. The number of aryl methyl sites for hydroxylation is 1. The average Bonchev–Trinajstić information content (AvgIpc) is 3.62. The first-order chi connectivity index (χ1) is 23.8. The van der Waals surface area contributed by atoms with Crippen molar-refractivity contribution in [1.29, 1.82) is 5.41 Å². The Bertz CT molecular complexity index is 2750. The van der Waals surface area contributed by atoms with E-state index >= 15 is 0 Å². The van der Waals surface area contributed by atoms with Crippen LogP contribution >= 0.6 is 0 Å². The third kappa shape index (κ3) is 5.53. The number of nitrogens with one attached hydrogen (secondary N) is 1. The van der Waals surface area contributed by atoms with Crippen molar-refractivity contribution in [2.75, 3.05) is 0 Å².